The SMILES string of the molecule is COc1ccc(C(C)=O)c(OCc2cccs2)c1. The Morgan fingerprint density at radius 3 is 2.78 bits per heavy atom. The van der Waals surface area contributed by atoms with E-state index in [0.29, 0.717) is 23.7 Å². The van der Waals surface area contributed by atoms with Crippen LogP contribution in [-0.4, -0.2) is 12.9 Å². The first-order chi connectivity index (χ1) is 8.70. The third-order valence-electron chi connectivity index (χ3n) is 2.52. The molecule has 1 aromatic carbocycles. The Labute approximate surface area is 110 Å². The molecule has 0 spiro atoms. The minimum atomic E-state index is -0.0150. The number of ketones is 1. The molecule has 0 N–H and O–H groups in total. The second kappa shape index (κ2) is 5.69. The van der Waals surface area contributed by atoms with E-state index in [9.17, 15) is 4.79 Å². The second-order valence-corrected chi connectivity index (χ2v) is 4.82. The standard InChI is InChI=1S/C14H14O3S/c1-10(15)13-6-5-11(16-2)8-14(13)17-9-12-4-3-7-18-12/h3-8H,9H2,1-2H3. The zero-order valence-corrected chi connectivity index (χ0v) is 11.1. The van der Waals surface area contributed by atoms with Crippen molar-refractivity contribution in [3.05, 3.63) is 46.2 Å². The van der Waals surface area contributed by atoms with E-state index in [1.165, 1.54) is 6.92 Å². The molecule has 0 unspecified atom stereocenters. The van der Waals surface area contributed by atoms with Gasteiger partial charge in [-0.1, -0.05) is 6.07 Å². The summed E-state index contributed by atoms with van der Waals surface area (Å²) < 4.78 is 10.8. The number of hydrogen-bond acceptors (Lipinski definition) is 4. The number of Topliss-reactive ketones (excluding diaryl/α,β-unsaturated/α-hetero) is 1. The van der Waals surface area contributed by atoms with Crippen LogP contribution in [0.1, 0.15) is 22.2 Å². The molecule has 0 atom stereocenters. The van der Waals surface area contributed by atoms with Crippen molar-refractivity contribution in [3.63, 3.8) is 0 Å². The molecule has 4 heteroatoms. The predicted molar refractivity (Wildman–Crippen MR) is 71.6 cm³/mol. The van der Waals surface area contributed by atoms with E-state index >= 15 is 0 Å². The molecule has 0 bridgehead atoms. The number of rotatable bonds is 5. The van der Waals surface area contributed by atoms with Gasteiger partial charge in [0.2, 0.25) is 0 Å². The van der Waals surface area contributed by atoms with Crippen LogP contribution in [0.25, 0.3) is 0 Å². The van der Waals surface area contributed by atoms with E-state index in [1.54, 1.807) is 36.6 Å². The number of carbonyl (C=O) groups excluding carboxylic acids is 1. The van der Waals surface area contributed by atoms with Crippen LogP contribution in [0, 0.1) is 0 Å². The van der Waals surface area contributed by atoms with Crippen LogP contribution in [0.15, 0.2) is 35.7 Å². The van der Waals surface area contributed by atoms with Gasteiger partial charge in [-0.3, -0.25) is 4.79 Å². The summed E-state index contributed by atoms with van der Waals surface area (Å²) >= 11 is 1.63. The van der Waals surface area contributed by atoms with Crippen molar-refractivity contribution in [2.24, 2.45) is 0 Å². The molecule has 0 aliphatic rings. The van der Waals surface area contributed by atoms with Gasteiger partial charge in [-0.05, 0) is 30.5 Å². The van der Waals surface area contributed by atoms with Crippen molar-refractivity contribution in [1.82, 2.24) is 0 Å². The van der Waals surface area contributed by atoms with Crippen LogP contribution < -0.4 is 9.47 Å². The fourth-order valence-electron chi connectivity index (χ4n) is 1.58. The molecular weight excluding hydrogens is 248 g/mol. The molecule has 2 aromatic rings. The van der Waals surface area contributed by atoms with Crippen LogP contribution in [0.2, 0.25) is 0 Å². The molecule has 0 radical (unpaired) electrons. The third-order valence-corrected chi connectivity index (χ3v) is 3.37. The maximum Gasteiger partial charge on any atom is 0.163 e. The highest BCUT2D eigenvalue weighted by atomic mass is 32.1. The lowest BCUT2D eigenvalue weighted by Gasteiger charge is -2.10. The smallest absolute Gasteiger partial charge is 0.163 e. The average Bonchev–Trinajstić information content (AvgIpc) is 2.88. The fraction of sp³-hybridized carbons (Fsp3) is 0.214. The molecule has 18 heavy (non-hydrogen) atoms. The van der Waals surface area contributed by atoms with E-state index < -0.39 is 0 Å². The Hall–Kier alpha value is -1.81. The highest BCUT2D eigenvalue weighted by Gasteiger charge is 2.10. The highest BCUT2D eigenvalue weighted by Crippen LogP contribution is 2.26. The quantitative estimate of drug-likeness (QED) is 0.773. The molecule has 0 aliphatic carbocycles. The first-order valence-corrected chi connectivity index (χ1v) is 6.43. The van der Waals surface area contributed by atoms with Crippen LogP contribution in [-0.2, 0) is 6.61 Å². The Balaban J connectivity index is 2.20. The molecule has 0 amide bonds. The Morgan fingerprint density at radius 1 is 1.33 bits per heavy atom. The summed E-state index contributed by atoms with van der Waals surface area (Å²) in [5.41, 5.74) is 0.576. The average molecular weight is 262 g/mol. The van der Waals surface area contributed by atoms with Crippen molar-refractivity contribution >= 4 is 17.1 Å². The molecule has 1 heterocycles. The molecule has 3 nitrogen and oxygen atoms in total. The van der Waals surface area contributed by atoms with Gasteiger partial charge in [-0.2, -0.15) is 0 Å². The summed E-state index contributed by atoms with van der Waals surface area (Å²) in [6.07, 6.45) is 0. The minimum Gasteiger partial charge on any atom is -0.497 e. The summed E-state index contributed by atoms with van der Waals surface area (Å²) in [4.78, 5) is 12.6. The number of thiophene rings is 1. The monoisotopic (exact) mass is 262 g/mol. The van der Waals surface area contributed by atoms with Crippen LogP contribution in [0.4, 0.5) is 0 Å². The molecular formula is C14H14O3S. The van der Waals surface area contributed by atoms with Gasteiger partial charge in [0.1, 0.15) is 18.1 Å². The second-order valence-electron chi connectivity index (χ2n) is 3.79. The van der Waals surface area contributed by atoms with E-state index in [4.69, 9.17) is 9.47 Å². The van der Waals surface area contributed by atoms with Crippen molar-refractivity contribution in [2.75, 3.05) is 7.11 Å². The van der Waals surface area contributed by atoms with E-state index in [0.717, 1.165) is 4.88 Å². The number of hydrogen-bond donors (Lipinski definition) is 0. The van der Waals surface area contributed by atoms with Crippen molar-refractivity contribution in [3.8, 4) is 11.5 Å². The normalized spacial score (nSPS) is 10.1. The Morgan fingerprint density at radius 2 is 2.17 bits per heavy atom. The van der Waals surface area contributed by atoms with Gasteiger partial charge in [0.05, 0.1) is 12.7 Å². The maximum atomic E-state index is 11.5. The van der Waals surface area contributed by atoms with Crippen LogP contribution in [0.5, 0.6) is 11.5 Å². The van der Waals surface area contributed by atoms with E-state index in [1.807, 2.05) is 17.5 Å². The van der Waals surface area contributed by atoms with Gasteiger partial charge in [0.15, 0.2) is 5.78 Å². The molecule has 94 valence electrons. The van der Waals surface area contributed by atoms with Crippen molar-refractivity contribution in [1.29, 1.82) is 0 Å². The molecule has 2 rings (SSSR count). The third kappa shape index (κ3) is 2.90. The summed E-state index contributed by atoms with van der Waals surface area (Å²) in [6.45, 7) is 1.99. The van der Waals surface area contributed by atoms with Crippen molar-refractivity contribution in [2.45, 2.75) is 13.5 Å². The summed E-state index contributed by atoms with van der Waals surface area (Å²) in [6, 6.07) is 9.20. The Kier molecular flexibility index (Phi) is 3.99. The minimum absolute atomic E-state index is 0.0150. The molecule has 0 saturated heterocycles. The van der Waals surface area contributed by atoms with Crippen molar-refractivity contribution < 1.29 is 14.3 Å². The lowest BCUT2D eigenvalue weighted by molar-refractivity contribution is 0.101. The maximum absolute atomic E-state index is 11.5. The molecule has 0 saturated carbocycles. The first kappa shape index (κ1) is 12.6. The van der Waals surface area contributed by atoms with Gasteiger partial charge < -0.3 is 9.47 Å². The summed E-state index contributed by atoms with van der Waals surface area (Å²) in [5, 5.41) is 2.00. The fourth-order valence-corrected chi connectivity index (χ4v) is 2.20. The van der Waals surface area contributed by atoms with E-state index in [2.05, 4.69) is 0 Å². The molecule has 0 aliphatic heterocycles. The lowest BCUT2D eigenvalue weighted by Crippen LogP contribution is -2.01. The lowest BCUT2D eigenvalue weighted by atomic mass is 10.1. The number of ether oxygens (including phenoxy) is 2. The topological polar surface area (TPSA) is 35.5 Å². The molecule has 0 fully saturated rings. The van der Waals surface area contributed by atoms with Gasteiger partial charge in [-0.25, -0.2) is 0 Å². The molecule has 1 aromatic heterocycles. The number of methoxy groups -OCH3 is 1. The number of benzene rings is 1. The largest absolute Gasteiger partial charge is 0.497 e. The van der Waals surface area contributed by atoms with Crippen LogP contribution >= 0.6 is 11.3 Å². The van der Waals surface area contributed by atoms with E-state index in [-0.39, 0.29) is 5.78 Å². The van der Waals surface area contributed by atoms with Crippen LogP contribution in [0.3, 0.4) is 0 Å². The van der Waals surface area contributed by atoms with Gasteiger partial charge in [-0.15, -0.1) is 11.3 Å². The predicted octanol–water partition coefficient (Wildman–Crippen LogP) is 3.54. The number of carbonyl (C=O) groups is 1. The Bertz CT molecular complexity index is 532. The zero-order chi connectivity index (χ0) is 13.0. The highest BCUT2D eigenvalue weighted by molar-refractivity contribution is 7.09. The summed E-state index contributed by atoms with van der Waals surface area (Å²) in [7, 11) is 1.59. The van der Waals surface area contributed by atoms with Gasteiger partial charge >= 0.3 is 0 Å². The van der Waals surface area contributed by atoms with Gasteiger partial charge in [0, 0.05) is 10.9 Å². The zero-order valence-electron chi connectivity index (χ0n) is 10.3. The first-order valence-electron chi connectivity index (χ1n) is 5.55. The van der Waals surface area contributed by atoms with Gasteiger partial charge in [0.25, 0.3) is 0 Å². The summed E-state index contributed by atoms with van der Waals surface area (Å²) in [5.74, 6) is 1.23.